The Hall–Kier alpha value is 0.634. The van der Waals surface area contributed by atoms with Gasteiger partial charge in [0.25, 0.3) is 0 Å². The van der Waals surface area contributed by atoms with Crippen molar-refractivity contribution < 1.29 is 26.8 Å². The summed E-state index contributed by atoms with van der Waals surface area (Å²) in [7, 11) is 1.00. The van der Waals surface area contributed by atoms with Gasteiger partial charge >= 0.3 is 21.7 Å². The molecular formula is C6H17NOTi. The molecule has 0 atom stereocenters. The molecular weight excluding hydrogens is 150 g/mol. The van der Waals surface area contributed by atoms with Crippen molar-refractivity contribution in [1.29, 1.82) is 0 Å². The summed E-state index contributed by atoms with van der Waals surface area (Å²) in [5, 5.41) is 7.00. The SMILES string of the molecule is CO.[CH2-]C.[CH2-]CCN.[Ti+2]. The van der Waals surface area contributed by atoms with E-state index in [1.807, 2.05) is 0 Å². The van der Waals surface area contributed by atoms with Gasteiger partial charge in [0.2, 0.25) is 0 Å². The number of hydrogen-bond donors (Lipinski definition) is 2. The van der Waals surface area contributed by atoms with E-state index >= 15 is 0 Å². The minimum Gasteiger partial charge on any atom is -0.400 e. The normalized spacial score (nSPS) is 4.67. The third-order valence-corrected chi connectivity index (χ3v) is 0.204. The van der Waals surface area contributed by atoms with Gasteiger partial charge in [-0.1, -0.05) is 0 Å². The van der Waals surface area contributed by atoms with Crippen molar-refractivity contribution in [3.63, 3.8) is 0 Å². The van der Waals surface area contributed by atoms with Gasteiger partial charge in [-0.2, -0.15) is 13.3 Å². The second kappa shape index (κ2) is 72.5. The fourth-order valence-corrected chi connectivity index (χ4v) is 0. The van der Waals surface area contributed by atoms with Gasteiger partial charge in [-0.3, -0.25) is 0 Å². The molecule has 0 saturated heterocycles. The molecule has 0 fully saturated rings. The molecule has 0 heterocycles. The van der Waals surface area contributed by atoms with Gasteiger partial charge in [0.1, 0.15) is 0 Å². The van der Waals surface area contributed by atoms with Crippen LogP contribution in [-0.4, -0.2) is 18.8 Å². The van der Waals surface area contributed by atoms with E-state index in [2.05, 4.69) is 13.8 Å². The third-order valence-electron chi connectivity index (χ3n) is 0.204. The Morgan fingerprint density at radius 1 is 1.33 bits per heavy atom. The molecule has 3 N–H and O–H groups in total. The van der Waals surface area contributed by atoms with Crippen LogP contribution < -0.4 is 5.73 Å². The van der Waals surface area contributed by atoms with Crippen LogP contribution in [0.25, 0.3) is 0 Å². The number of aliphatic hydroxyl groups excluding tert-OH is 1. The molecule has 0 aliphatic heterocycles. The van der Waals surface area contributed by atoms with Crippen LogP contribution in [0.2, 0.25) is 0 Å². The molecule has 0 unspecified atom stereocenters. The quantitative estimate of drug-likeness (QED) is 0.444. The molecule has 0 aromatic carbocycles. The van der Waals surface area contributed by atoms with Gasteiger partial charge in [-0.15, -0.1) is 0 Å². The van der Waals surface area contributed by atoms with E-state index in [-0.39, 0.29) is 21.7 Å². The summed E-state index contributed by atoms with van der Waals surface area (Å²) >= 11 is 0. The molecule has 0 aliphatic rings. The zero-order valence-electron chi connectivity index (χ0n) is 6.35. The van der Waals surface area contributed by atoms with Crippen molar-refractivity contribution >= 4 is 0 Å². The van der Waals surface area contributed by atoms with Crippen molar-refractivity contribution in [2.45, 2.75) is 13.3 Å². The topological polar surface area (TPSA) is 46.2 Å². The first kappa shape index (κ1) is 22.6. The van der Waals surface area contributed by atoms with Crippen LogP contribution in [0.4, 0.5) is 0 Å². The molecule has 2 nitrogen and oxygen atoms in total. The smallest absolute Gasteiger partial charge is 0.400 e. The van der Waals surface area contributed by atoms with Crippen molar-refractivity contribution in [3.8, 4) is 0 Å². The van der Waals surface area contributed by atoms with E-state index in [0.29, 0.717) is 6.54 Å². The van der Waals surface area contributed by atoms with E-state index in [1.165, 1.54) is 0 Å². The molecule has 0 amide bonds. The first-order valence-electron chi connectivity index (χ1n) is 2.56. The van der Waals surface area contributed by atoms with E-state index in [0.717, 1.165) is 13.5 Å². The van der Waals surface area contributed by atoms with Crippen molar-refractivity contribution in [2.24, 2.45) is 5.73 Å². The first-order chi connectivity index (χ1) is 3.91. The van der Waals surface area contributed by atoms with Crippen LogP contribution in [-0.2, 0) is 21.7 Å². The molecule has 0 rings (SSSR count). The van der Waals surface area contributed by atoms with Gasteiger partial charge in [0.15, 0.2) is 0 Å². The Morgan fingerprint density at radius 3 is 1.44 bits per heavy atom. The standard InChI is InChI=1S/C3H8N.C2H5.CH4O.Ti/c1-2-3-4;2*1-2;/h1-4H2;1H2,2H3;2H,1H3;/q2*-1;;+2. The van der Waals surface area contributed by atoms with Crippen molar-refractivity contribution in [1.82, 2.24) is 0 Å². The van der Waals surface area contributed by atoms with Gasteiger partial charge in [-0.05, 0) is 6.54 Å². The predicted molar refractivity (Wildman–Crippen MR) is 38.2 cm³/mol. The molecule has 0 radical (unpaired) electrons. The molecule has 56 valence electrons. The number of aliphatic hydroxyl groups is 1. The maximum atomic E-state index is 7.00. The average molecular weight is 167 g/mol. The van der Waals surface area contributed by atoms with Gasteiger partial charge < -0.3 is 24.7 Å². The third kappa shape index (κ3) is 142. The summed E-state index contributed by atoms with van der Waals surface area (Å²) in [6, 6.07) is 0. The van der Waals surface area contributed by atoms with Crippen molar-refractivity contribution in [3.05, 3.63) is 13.8 Å². The first-order valence-corrected chi connectivity index (χ1v) is 2.56. The second-order valence-corrected chi connectivity index (χ2v) is 0.642. The van der Waals surface area contributed by atoms with Gasteiger partial charge in [-0.25, -0.2) is 0 Å². The zero-order chi connectivity index (χ0) is 7.41. The predicted octanol–water partition coefficient (Wildman–Crippen LogP) is 0.616. The summed E-state index contributed by atoms with van der Waals surface area (Å²) in [6.45, 7) is 9.19. The number of nitrogens with two attached hydrogens (primary N) is 1. The number of hydrogen-bond acceptors (Lipinski definition) is 2. The Kier molecular flexibility index (Phi) is 182. The zero-order valence-corrected chi connectivity index (χ0v) is 7.91. The maximum absolute atomic E-state index is 7.00. The molecule has 0 bridgehead atoms. The summed E-state index contributed by atoms with van der Waals surface area (Å²) < 4.78 is 0. The van der Waals surface area contributed by atoms with E-state index in [4.69, 9.17) is 10.8 Å². The molecule has 9 heavy (non-hydrogen) atoms. The Balaban J connectivity index is -0.0000000221. The van der Waals surface area contributed by atoms with E-state index < -0.39 is 0 Å². The minimum absolute atomic E-state index is 0. The minimum atomic E-state index is 0. The molecule has 0 saturated carbocycles. The van der Waals surface area contributed by atoms with Crippen molar-refractivity contribution in [2.75, 3.05) is 13.7 Å². The van der Waals surface area contributed by atoms with E-state index in [1.54, 1.807) is 6.92 Å². The molecule has 0 aliphatic carbocycles. The molecule has 0 aromatic heterocycles. The Morgan fingerprint density at radius 2 is 1.44 bits per heavy atom. The fourth-order valence-electron chi connectivity index (χ4n) is 0. The largest absolute Gasteiger partial charge is 2.00 e. The summed E-state index contributed by atoms with van der Waals surface area (Å²) in [4.78, 5) is 0. The van der Waals surface area contributed by atoms with Crippen LogP contribution in [0.15, 0.2) is 0 Å². The van der Waals surface area contributed by atoms with Gasteiger partial charge in [0, 0.05) is 7.11 Å². The molecule has 0 spiro atoms. The Bertz CT molecular complexity index is 15.0. The van der Waals surface area contributed by atoms with Crippen LogP contribution in [0.3, 0.4) is 0 Å². The van der Waals surface area contributed by atoms with E-state index in [9.17, 15) is 0 Å². The fraction of sp³-hybridized carbons (Fsp3) is 0.667. The molecule has 0 aromatic rings. The van der Waals surface area contributed by atoms with Crippen LogP contribution >= 0.6 is 0 Å². The second-order valence-electron chi connectivity index (χ2n) is 0.642. The maximum Gasteiger partial charge on any atom is 2.00 e. The Labute approximate surface area is 73.7 Å². The van der Waals surface area contributed by atoms with Crippen LogP contribution in [0.5, 0.6) is 0 Å². The molecule has 3 heteroatoms. The monoisotopic (exact) mass is 167 g/mol. The van der Waals surface area contributed by atoms with Gasteiger partial charge in [0.05, 0.1) is 0 Å². The summed E-state index contributed by atoms with van der Waals surface area (Å²) in [5.41, 5.74) is 4.97. The summed E-state index contributed by atoms with van der Waals surface area (Å²) in [6.07, 6.45) is 0.847. The average Bonchev–Trinajstić information content (AvgIpc) is 1.96. The number of rotatable bonds is 1. The van der Waals surface area contributed by atoms with Crippen LogP contribution in [0.1, 0.15) is 13.3 Å². The van der Waals surface area contributed by atoms with Crippen LogP contribution in [0, 0.1) is 13.8 Å². The summed E-state index contributed by atoms with van der Waals surface area (Å²) in [5.74, 6) is 0.